The molecule has 1 aliphatic carbocycles. The maximum absolute atomic E-state index is 2.47. The van der Waals surface area contributed by atoms with Gasteiger partial charge in [-0.3, -0.25) is 0 Å². The van der Waals surface area contributed by atoms with Crippen molar-refractivity contribution in [3.8, 4) is 50.2 Å². The molecule has 0 bridgehead atoms. The number of rotatable bonds is 6. The standard InChI is InChI=1S/C59H46N2.2C7H8/c1-38-16-12-13-21-48(38)52-34-42(26-24-39(52)2)43-27-25-40(3)53(35-43)49-30-31-51-55-37-45(29-33-58(55)61(59(51)41(49)4)47-19-10-7-11-20-47)44-28-32-57-54(36-44)50-22-14-15-23-56(50)60(57)46-17-8-5-6-9-18-46;2*1-7-5-3-2-4-6-7/h5-8,10-37H,9H2,1-4H3;2*2-6H,1H3. The minimum absolute atomic E-state index is 0.918. The Bertz CT molecular complexity index is 4090. The predicted molar refractivity (Wildman–Crippen MR) is 324 cm³/mol. The van der Waals surface area contributed by atoms with E-state index < -0.39 is 0 Å². The Morgan fingerprint density at radius 2 is 0.827 bits per heavy atom. The average molecular weight is 967 g/mol. The second-order valence-electron chi connectivity index (χ2n) is 20.0. The highest BCUT2D eigenvalue weighted by molar-refractivity contribution is 6.14. The van der Waals surface area contributed by atoms with Gasteiger partial charge >= 0.3 is 0 Å². The van der Waals surface area contributed by atoms with E-state index in [1.54, 1.807) is 0 Å². The van der Waals surface area contributed by atoms with Crippen molar-refractivity contribution in [3.05, 3.63) is 288 Å². The molecule has 0 spiro atoms. The molecule has 0 atom stereocenters. The summed E-state index contributed by atoms with van der Waals surface area (Å²) in [6, 6.07) is 81.5. The number of nitrogens with zero attached hydrogens (tertiary/aromatic N) is 2. The zero-order valence-corrected chi connectivity index (χ0v) is 43.9. The maximum Gasteiger partial charge on any atom is 0.0576 e. The highest BCUT2D eigenvalue weighted by Crippen LogP contribution is 2.43. The van der Waals surface area contributed by atoms with Gasteiger partial charge in [-0.1, -0.05) is 205 Å². The average Bonchev–Trinajstić information content (AvgIpc) is 3.81. The highest BCUT2D eigenvalue weighted by atomic mass is 15.0. The Morgan fingerprint density at radius 1 is 0.333 bits per heavy atom. The van der Waals surface area contributed by atoms with Gasteiger partial charge in [-0.05, 0) is 175 Å². The van der Waals surface area contributed by atoms with E-state index in [4.69, 9.17) is 0 Å². The molecule has 2 aromatic heterocycles. The van der Waals surface area contributed by atoms with Gasteiger partial charge < -0.3 is 9.13 Å². The Kier molecular flexibility index (Phi) is 13.7. The summed E-state index contributed by atoms with van der Waals surface area (Å²) < 4.78 is 4.89. The molecular weight excluding hydrogens is 905 g/mol. The molecule has 2 nitrogen and oxygen atoms in total. The van der Waals surface area contributed by atoms with E-state index in [1.807, 2.05) is 36.4 Å². The lowest BCUT2D eigenvalue weighted by Crippen LogP contribution is -1.97. The van der Waals surface area contributed by atoms with Crippen LogP contribution in [0.5, 0.6) is 0 Å². The molecule has 0 radical (unpaired) electrons. The smallest absolute Gasteiger partial charge is 0.0576 e. The summed E-state index contributed by atoms with van der Waals surface area (Å²) in [6.45, 7) is 13.1. The van der Waals surface area contributed by atoms with E-state index in [1.165, 1.54) is 127 Å². The molecule has 0 saturated carbocycles. The van der Waals surface area contributed by atoms with Crippen LogP contribution in [0, 0.1) is 41.5 Å². The molecule has 75 heavy (non-hydrogen) atoms. The third-order valence-corrected chi connectivity index (χ3v) is 14.9. The van der Waals surface area contributed by atoms with Gasteiger partial charge in [0.25, 0.3) is 0 Å². The number of hydrogen-bond acceptors (Lipinski definition) is 0. The van der Waals surface area contributed by atoms with Crippen LogP contribution in [0.4, 0.5) is 0 Å². The SMILES string of the molecule is Cc1ccccc1.Cc1ccccc1.Cc1ccccc1-c1cc(-c2ccc(C)c(-c3ccc4c5cc(-c6ccc7c(c6)c6ccccc6n7C6=CCC=CC=C6)ccc5n(-c5ccccc5)c4c3C)c2)ccc1C. The van der Waals surface area contributed by atoms with Crippen molar-refractivity contribution in [2.45, 2.75) is 48.0 Å². The normalized spacial score (nSPS) is 12.1. The van der Waals surface area contributed by atoms with Crippen LogP contribution in [-0.4, -0.2) is 9.13 Å². The van der Waals surface area contributed by atoms with Crippen molar-refractivity contribution in [3.63, 3.8) is 0 Å². The molecule has 364 valence electrons. The lowest BCUT2D eigenvalue weighted by molar-refractivity contribution is 1.17. The largest absolute Gasteiger partial charge is 0.310 e. The van der Waals surface area contributed by atoms with E-state index in [-0.39, 0.29) is 0 Å². The minimum atomic E-state index is 0.918. The molecule has 0 unspecified atom stereocenters. The lowest BCUT2D eigenvalue weighted by Gasteiger charge is -2.16. The first-order chi connectivity index (χ1) is 36.7. The van der Waals surface area contributed by atoms with E-state index in [2.05, 4.69) is 269 Å². The number of para-hydroxylation sites is 2. The first kappa shape index (κ1) is 48.3. The Morgan fingerprint density at radius 3 is 1.44 bits per heavy atom. The van der Waals surface area contributed by atoms with Gasteiger partial charge in [-0.2, -0.15) is 0 Å². The Balaban J connectivity index is 0.000000374. The fraction of sp³-hybridized carbons (Fsp3) is 0.0959. The van der Waals surface area contributed by atoms with Gasteiger partial charge in [0.05, 0.1) is 22.1 Å². The number of hydrogen-bond donors (Lipinski definition) is 0. The van der Waals surface area contributed by atoms with Crippen LogP contribution in [0.15, 0.2) is 255 Å². The quantitative estimate of drug-likeness (QED) is 0.157. The monoisotopic (exact) mass is 966 g/mol. The lowest BCUT2D eigenvalue weighted by atomic mass is 9.89. The van der Waals surface area contributed by atoms with Crippen molar-refractivity contribution in [1.82, 2.24) is 9.13 Å². The number of aryl methyl sites for hydroxylation is 6. The highest BCUT2D eigenvalue weighted by Gasteiger charge is 2.20. The van der Waals surface area contributed by atoms with E-state index in [9.17, 15) is 0 Å². The first-order valence-electron chi connectivity index (χ1n) is 26.2. The molecule has 0 saturated heterocycles. The van der Waals surface area contributed by atoms with Crippen molar-refractivity contribution in [1.29, 1.82) is 0 Å². The van der Waals surface area contributed by atoms with Gasteiger partial charge in [0.15, 0.2) is 0 Å². The zero-order valence-electron chi connectivity index (χ0n) is 43.9. The topological polar surface area (TPSA) is 9.86 Å². The first-order valence-corrected chi connectivity index (χ1v) is 26.2. The van der Waals surface area contributed by atoms with Crippen molar-refractivity contribution >= 4 is 49.3 Å². The second kappa shape index (κ2) is 21.2. The second-order valence-corrected chi connectivity index (χ2v) is 20.0. The van der Waals surface area contributed by atoms with Crippen LogP contribution >= 0.6 is 0 Å². The Labute approximate surface area is 442 Å². The fourth-order valence-corrected chi connectivity index (χ4v) is 10.9. The summed E-state index contributed by atoms with van der Waals surface area (Å²) in [6.07, 6.45) is 11.9. The molecule has 0 fully saturated rings. The van der Waals surface area contributed by atoms with Crippen LogP contribution in [-0.2, 0) is 0 Å². The van der Waals surface area contributed by atoms with Crippen molar-refractivity contribution in [2.75, 3.05) is 0 Å². The van der Waals surface area contributed by atoms with Gasteiger partial charge in [-0.15, -0.1) is 0 Å². The molecule has 2 heterocycles. The van der Waals surface area contributed by atoms with Crippen molar-refractivity contribution in [2.24, 2.45) is 0 Å². The molecule has 0 N–H and O–H groups in total. The Hall–Kier alpha value is -8.98. The molecule has 0 aliphatic heterocycles. The number of benzene rings is 10. The molecular formula is C73H62N2. The summed E-state index contributed by atoms with van der Waals surface area (Å²) in [5.74, 6) is 0. The van der Waals surface area contributed by atoms with E-state index >= 15 is 0 Å². The molecule has 1 aliphatic rings. The van der Waals surface area contributed by atoms with Crippen LogP contribution in [0.2, 0.25) is 0 Å². The summed E-state index contributed by atoms with van der Waals surface area (Å²) in [7, 11) is 0. The molecule has 10 aromatic carbocycles. The van der Waals surface area contributed by atoms with Crippen LogP contribution in [0.1, 0.15) is 39.8 Å². The third-order valence-electron chi connectivity index (χ3n) is 14.9. The third kappa shape index (κ3) is 9.72. The molecule has 13 rings (SSSR count). The molecule has 12 aromatic rings. The van der Waals surface area contributed by atoms with Gasteiger partial charge in [0.2, 0.25) is 0 Å². The van der Waals surface area contributed by atoms with Gasteiger partial charge in [0.1, 0.15) is 0 Å². The maximum atomic E-state index is 2.47. The van der Waals surface area contributed by atoms with Crippen LogP contribution < -0.4 is 0 Å². The van der Waals surface area contributed by atoms with Gasteiger partial charge in [0, 0.05) is 32.9 Å². The minimum Gasteiger partial charge on any atom is -0.310 e. The fourth-order valence-electron chi connectivity index (χ4n) is 10.9. The summed E-state index contributed by atoms with van der Waals surface area (Å²) in [5.41, 5.74) is 25.0. The summed E-state index contributed by atoms with van der Waals surface area (Å²) >= 11 is 0. The van der Waals surface area contributed by atoms with Crippen molar-refractivity contribution < 1.29 is 0 Å². The predicted octanol–water partition coefficient (Wildman–Crippen LogP) is 20.1. The number of aromatic nitrogens is 2. The number of fused-ring (bicyclic) bond motifs is 6. The summed E-state index contributed by atoms with van der Waals surface area (Å²) in [4.78, 5) is 0. The van der Waals surface area contributed by atoms with Crippen LogP contribution in [0.3, 0.4) is 0 Å². The van der Waals surface area contributed by atoms with Gasteiger partial charge in [-0.25, -0.2) is 0 Å². The molecule has 0 amide bonds. The summed E-state index contributed by atoms with van der Waals surface area (Å²) in [5, 5.41) is 5.05. The van der Waals surface area contributed by atoms with E-state index in [0.717, 1.165) is 12.1 Å². The zero-order chi connectivity index (χ0) is 51.4. The van der Waals surface area contributed by atoms with E-state index in [0.29, 0.717) is 0 Å². The number of allylic oxidation sites excluding steroid dienone is 6. The molecule has 2 heteroatoms. The van der Waals surface area contributed by atoms with Crippen LogP contribution in [0.25, 0.3) is 99.5 Å².